The molecule has 0 aromatic heterocycles. The van der Waals surface area contributed by atoms with Crippen molar-refractivity contribution < 1.29 is 9.63 Å². The highest BCUT2D eigenvalue weighted by Gasteiger charge is 2.40. The van der Waals surface area contributed by atoms with E-state index >= 15 is 0 Å². The minimum absolute atomic E-state index is 0.349. The average molecular weight is 157 g/mol. The maximum atomic E-state index is 11.0. The number of hydrogen-bond acceptors (Lipinski definition) is 4. The van der Waals surface area contributed by atoms with E-state index in [0.29, 0.717) is 6.42 Å². The van der Waals surface area contributed by atoms with Crippen LogP contribution in [0.5, 0.6) is 0 Å². The molecule has 1 aliphatic heterocycles. The Labute approximate surface area is 64.5 Å². The first-order chi connectivity index (χ1) is 5.08. The van der Waals surface area contributed by atoms with Crippen LogP contribution in [0.3, 0.4) is 0 Å². The second-order valence-corrected chi connectivity index (χ2v) is 2.80. The Morgan fingerprint density at radius 3 is 2.91 bits per heavy atom. The molecular weight excluding hydrogens is 146 g/mol. The number of nitrogens with two attached hydrogens (primary N) is 1. The third kappa shape index (κ3) is 1.32. The molecular formula is C6H11N3O2. The van der Waals surface area contributed by atoms with Gasteiger partial charge in [0.1, 0.15) is 0 Å². The van der Waals surface area contributed by atoms with Gasteiger partial charge in [-0.3, -0.25) is 10.2 Å². The van der Waals surface area contributed by atoms with Crippen molar-refractivity contribution in [1.82, 2.24) is 5.43 Å². The van der Waals surface area contributed by atoms with Gasteiger partial charge in [-0.2, -0.15) is 0 Å². The molecule has 11 heavy (non-hydrogen) atoms. The number of hydrogen-bond donors (Lipinski definition) is 2. The van der Waals surface area contributed by atoms with E-state index in [1.165, 1.54) is 0 Å². The van der Waals surface area contributed by atoms with Crippen molar-refractivity contribution in [3.05, 3.63) is 0 Å². The summed E-state index contributed by atoms with van der Waals surface area (Å²) in [6.45, 7) is 3.45. The molecule has 1 heterocycles. The summed E-state index contributed by atoms with van der Waals surface area (Å²) in [6, 6.07) is 0. The molecule has 1 atom stereocenters. The van der Waals surface area contributed by atoms with Gasteiger partial charge in [-0.25, -0.2) is 5.84 Å². The summed E-state index contributed by atoms with van der Waals surface area (Å²) in [7, 11) is 0. The van der Waals surface area contributed by atoms with Crippen LogP contribution in [0.15, 0.2) is 5.16 Å². The fraction of sp³-hybridized carbons (Fsp3) is 0.667. The Morgan fingerprint density at radius 1 is 1.91 bits per heavy atom. The van der Waals surface area contributed by atoms with Gasteiger partial charge in [0.05, 0.1) is 5.71 Å². The lowest BCUT2D eigenvalue weighted by Crippen LogP contribution is -2.47. The number of hydrazine groups is 1. The van der Waals surface area contributed by atoms with E-state index in [-0.39, 0.29) is 5.91 Å². The Kier molecular flexibility index (Phi) is 1.82. The molecule has 3 N–H and O–H groups in total. The molecule has 0 saturated carbocycles. The maximum Gasteiger partial charge on any atom is 0.281 e. The highest BCUT2D eigenvalue weighted by atomic mass is 16.7. The van der Waals surface area contributed by atoms with E-state index in [2.05, 4.69) is 5.16 Å². The quantitative estimate of drug-likeness (QED) is 0.307. The second kappa shape index (κ2) is 2.50. The van der Waals surface area contributed by atoms with Crippen molar-refractivity contribution >= 4 is 11.6 Å². The van der Waals surface area contributed by atoms with Crippen LogP contribution in [0.4, 0.5) is 0 Å². The van der Waals surface area contributed by atoms with E-state index in [0.717, 1.165) is 5.71 Å². The van der Waals surface area contributed by atoms with Gasteiger partial charge >= 0.3 is 0 Å². The van der Waals surface area contributed by atoms with Gasteiger partial charge in [0.25, 0.3) is 5.91 Å². The first kappa shape index (κ1) is 8.00. The molecule has 1 rings (SSSR count). The molecule has 0 fully saturated rings. The first-order valence-electron chi connectivity index (χ1n) is 3.31. The topological polar surface area (TPSA) is 76.7 Å². The van der Waals surface area contributed by atoms with E-state index in [9.17, 15) is 4.79 Å². The number of carbonyl (C=O) groups is 1. The van der Waals surface area contributed by atoms with Gasteiger partial charge in [-0.1, -0.05) is 5.16 Å². The summed E-state index contributed by atoms with van der Waals surface area (Å²) >= 11 is 0. The Bertz CT molecular complexity index is 214. The smallest absolute Gasteiger partial charge is 0.281 e. The molecule has 5 nitrogen and oxygen atoms in total. The zero-order valence-corrected chi connectivity index (χ0v) is 6.55. The number of oxime groups is 1. The van der Waals surface area contributed by atoms with Crippen molar-refractivity contribution in [3.8, 4) is 0 Å². The molecule has 62 valence electrons. The SMILES string of the molecule is CC1=NOC(C)(C(=O)NN)C1. The highest BCUT2D eigenvalue weighted by molar-refractivity contribution is 5.94. The number of amides is 1. The van der Waals surface area contributed by atoms with Crippen LogP contribution >= 0.6 is 0 Å². The van der Waals surface area contributed by atoms with Crippen LogP contribution in [0.2, 0.25) is 0 Å². The molecule has 1 unspecified atom stereocenters. The van der Waals surface area contributed by atoms with Crippen LogP contribution in [0.1, 0.15) is 20.3 Å². The van der Waals surface area contributed by atoms with Crippen molar-refractivity contribution in [3.63, 3.8) is 0 Å². The van der Waals surface area contributed by atoms with Gasteiger partial charge in [-0.15, -0.1) is 0 Å². The summed E-state index contributed by atoms with van der Waals surface area (Å²) in [5, 5.41) is 3.66. The molecule has 0 aromatic carbocycles. The third-order valence-corrected chi connectivity index (χ3v) is 1.61. The predicted molar refractivity (Wildman–Crippen MR) is 39.5 cm³/mol. The number of rotatable bonds is 1. The minimum atomic E-state index is -0.904. The van der Waals surface area contributed by atoms with Gasteiger partial charge in [-0.05, 0) is 13.8 Å². The molecule has 0 saturated heterocycles. The van der Waals surface area contributed by atoms with E-state index < -0.39 is 5.60 Å². The molecule has 0 radical (unpaired) electrons. The van der Waals surface area contributed by atoms with Crippen LogP contribution < -0.4 is 11.3 Å². The third-order valence-electron chi connectivity index (χ3n) is 1.61. The second-order valence-electron chi connectivity index (χ2n) is 2.80. The standard InChI is InChI=1S/C6H11N3O2/c1-4-3-6(2,11-9-4)5(10)8-7/h3,7H2,1-2H3,(H,8,10). The van der Waals surface area contributed by atoms with Gasteiger partial charge in [0.2, 0.25) is 5.60 Å². The monoisotopic (exact) mass is 157 g/mol. The van der Waals surface area contributed by atoms with Gasteiger partial charge < -0.3 is 4.84 Å². The highest BCUT2D eigenvalue weighted by Crippen LogP contribution is 2.22. The van der Waals surface area contributed by atoms with Crippen LogP contribution in [-0.4, -0.2) is 17.2 Å². The summed E-state index contributed by atoms with van der Waals surface area (Å²) in [5.41, 5.74) is 1.93. The lowest BCUT2D eigenvalue weighted by Gasteiger charge is -2.17. The summed E-state index contributed by atoms with van der Waals surface area (Å²) < 4.78 is 0. The fourth-order valence-electron chi connectivity index (χ4n) is 1.01. The number of nitrogens with one attached hydrogen (secondary N) is 1. The molecule has 0 bridgehead atoms. The molecule has 1 aliphatic rings. The molecule has 5 heteroatoms. The molecule has 1 amide bonds. The summed E-state index contributed by atoms with van der Waals surface area (Å²) in [4.78, 5) is 15.9. The lowest BCUT2D eigenvalue weighted by atomic mass is 10.00. The van der Waals surface area contributed by atoms with Crippen molar-refractivity contribution in [1.29, 1.82) is 0 Å². The average Bonchev–Trinajstić information content (AvgIpc) is 2.31. The van der Waals surface area contributed by atoms with Crippen molar-refractivity contribution in [2.45, 2.75) is 25.9 Å². The van der Waals surface area contributed by atoms with Crippen LogP contribution in [0.25, 0.3) is 0 Å². The Balaban J connectivity index is 2.66. The number of carbonyl (C=O) groups excluding carboxylic acids is 1. The van der Waals surface area contributed by atoms with E-state index in [1.807, 2.05) is 5.43 Å². The van der Waals surface area contributed by atoms with Gasteiger partial charge in [0.15, 0.2) is 0 Å². The van der Waals surface area contributed by atoms with Crippen molar-refractivity contribution in [2.24, 2.45) is 11.0 Å². The first-order valence-corrected chi connectivity index (χ1v) is 3.31. The fourth-order valence-corrected chi connectivity index (χ4v) is 1.01. The molecule has 0 aromatic rings. The van der Waals surface area contributed by atoms with Crippen LogP contribution in [0, 0.1) is 0 Å². The van der Waals surface area contributed by atoms with E-state index in [1.54, 1.807) is 13.8 Å². The molecule has 0 aliphatic carbocycles. The molecule has 0 spiro atoms. The predicted octanol–water partition coefficient (Wildman–Crippen LogP) is -0.469. The van der Waals surface area contributed by atoms with E-state index in [4.69, 9.17) is 10.7 Å². The minimum Gasteiger partial charge on any atom is -0.379 e. The summed E-state index contributed by atoms with van der Waals surface area (Å²) in [6.07, 6.45) is 0.496. The largest absolute Gasteiger partial charge is 0.379 e. The zero-order chi connectivity index (χ0) is 8.48. The van der Waals surface area contributed by atoms with Gasteiger partial charge in [0, 0.05) is 6.42 Å². The number of nitrogens with zero attached hydrogens (tertiary/aromatic N) is 1. The van der Waals surface area contributed by atoms with Crippen molar-refractivity contribution in [2.75, 3.05) is 0 Å². The normalized spacial score (nSPS) is 29.2. The summed E-state index contributed by atoms with van der Waals surface area (Å²) in [5.74, 6) is 4.60. The Hall–Kier alpha value is -1.10. The zero-order valence-electron chi connectivity index (χ0n) is 6.55. The lowest BCUT2D eigenvalue weighted by molar-refractivity contribution is -0.141. The maximum absolute atomic E-state index is 11.0. The van der Waals surface area contributed by atoms with Crippen LogP contribution in [-0.2, 0) is 9.63 Å². The Morgan fingerprint density at radius 2 is 2.55 bits per heavy atom.